The maximum atomic E-state index is 14.5. The van der Waals surface area contributed by atoms with Gasteiger partial charge in [0.1, 0.15) is 72.5 Å². The third-order valence-electron chi connectivity index (χ3n) is 18.6. The molecule has 6 rings (SSSR count). The van der Waals surface area contributed by atoms with Crippen LogP contribution in [0.2, 0.25) is 0 Å². The lowest BCUT2D eigenvalue weighted by molar-refractivity contribution is -0.142. The minimum atomic E-state index is -1.55. The highest BCUT2D eigenvalue weighted by atomic mass is 33.1. The van der Waals surface area contributed by atoms with Crippen molar-refractivity contribution in [2.45, 2.75) is 193 Å². The fraction of sp³-hybridized carbons (Fsp3) is 0.600. The number of carbonyl (C=O) groups is 16. The van der Waals surface area contributed by atoms with Crippen LogP contribution in [-0.2, 0) is 89.6 Å². The van der Waals surface area contributed by atoms with E-state index in [4.69, 9.17) is 0 Å². The highest BCUT2D eigenvalue weighted by molar-refractivity contribution is 8.76. The summed E-state index contributed by atoms with van der Waals surface area (Å²) < 4.78 is 0. The van der Waals surface area contributed by atoms with Gasteiger partial charge in [-0.15, -0.1) is 0 Å². The second-order valence-corrected chi connectivity index (χ2v) is 29.9. The van der Waals surface area contributed by atoms with Crippen LogP contribution < -0.4 is 74.4 Å². The molecule has 32 nitrogen and oxygen atoms in total. The number of fused-ring (bicyclic) bond motifs is 2. The number of benzene rings is 2. The van der Waals surface area contributed by atoms with E-state index in [0.717, 1.165) is 21.6 Å². The van der Waals surface area contributed by atoms with Crippen molar-refractivity contribution >= 4 is 116 Å². The third-order valence-corrected chi connectivity index (χ3v) is 21.1. The van der Waals surface area contributed by atoms with Gasteiger partial charge in [0, 0.05) is 37.4 Å². The topological polar surface area (TPSA) is 448 Å². The van der Waals surface area contributed by atoms with E-state index in [2.05, 4.69) is 74.4 Å². The predicted octanol–water partition coefficient (Wildman–Crippen LogP) is -2.38. The number of nitrogens with one attached hydrogen (secondary N) is 14. The average Bonchev–Trinajstić information content (AvgIpc) is 1.65. The molecule has 0 bridgehead atoms. The maximum absolute atomic E-state index is 14.5. The van der Waals surface area contributed by atoms with Crippen molar-refractivity contribution in [1.82, 2.24) is 84.2 Å². The molecule has 0 aliphatic carbocycles. The number of carbonyl (C=O) groups excluding carboxylic acids is 16. The van der Waals surface area contributed by atoms with Crippen LogP contribution in [0.15, 0.2) is 60.7 Å². The molecule has 14 atom stereocenters. The highest BCUT2D eigenvalue weighted by Gasteiger charge is 2.43. The van der Waals surface area contributed by atoms with Gasteiger partial charge < -0.3 is 84.2 Å². The molecule has 14 unspecified atom stereocenters. The molecule has 2 aromatic rings. The van der Waals surface area contributed by atoms with Crippen LogP contribution >= 0.6 is 21.6 Å². The van der Waals surface area contributed by atoms with Crippen molar-refractivity contribution in [3.8, 4) is 0 Å². The Kier molecular flexibility index (Phi) is 32.7. The molecular weight excluding hydrogens is 1380 g/mol. The first-order chi connectivity index (χ1) is 49.4. The Morgan fingerprint density at radius 1 is 0.365 bits per heavy atom. The highest BCUT2D eigenvalue weighted by Crippen LogP contribution is 2.26. The molecule has 4 heterocycles. The molecular formula is C70H102N16O16S2. The monoisotopic (exact) mass is 1490 g/mol. The molecule has 0 spiro atoms. The summed E-state index contributed by atoms with van der Waals surface area (Å²) in [6.45, 7) is 13.7. The van der Waals surface area contributed by atoms with Gasteiger partial charge in [0.05, 0.1) is 26.2 Å². The first-order valence-electron chi connectivity index (χ1n) is 35.4. The van der Waals surface area contributed by atoms with Crippen molar-refractivity contribution in [2.75, 3.05) is 50.8 Å². The summed E-state index contributed by atoms with van der Waals surface area (Å²) in [6, 6.07) is 2.05. The van der Waals surface area contributed by atoms with Crippen LogP contribution in [0.25, 0.3) is 0 Å². The lowest BCUT2D eigenvalue weighted by Gasteiger charge is -2.31. The van der Waals surface area contributed by atoms with E-state index in [-0.39, 0.29) is 50.3 Å². The van der Waals surface area contributed by atoms with Crippen molar-refractivity contribution in [3.63, 3.8) is 0 Å². The number of rotatable bonds is 15. The minimum Gasteiger partial charge on any atom is -0.345 e. The van der Waals surface area contributed by atoms with Crippen LogP contribution in [0.5, 0.6) is 0 Å². The molecule has 4 aliphatic heterocycles. The van der Waals surface area contributed by atoms with E-state index in [1.165, 1.54) is 23.6 Å². The Balaban J connectivity index is 1.26. The Labute approximate surface area is 613 Å². The van der Waals surface area contributed by atoms with E-state index < -0.39 is 217 Å². The molecule has 2 aromatic carbocycles. The molecule has 4 saturated heterocycles. The normalized spacial score (nSPS) is 27.3. The zero-order valence-corrected chi connectivity index (χ0v) is 62.2. The zero-order valence-electron chi connectivity index (χ0n) is 60.6. The number of hydrogen-bond acceptors (Lipinski definition) is 18. The van der Waals surface area contributed by atoms with Crippen molar-refractivity contribution in [3.05, 3.63) is 71.8 Å². The van der Waals surface area contributed by atoms with E-state index in [9.17, 15) is 76.7 Å². The van der Waals surface area contributed by atoms with Gasteiger partial charge in [-0.3, -0.25) is 76.7 Å². The molecule has 14 N–H and O–H groups in total. The van der Waals surface area contributed by atoms with Gasteiger partial charge in [-0.25, -0.2) is 0 Å². The van der Waals surface area contributed by atoms with Gasteiger partial charge in [-0.1, -0.05) is 150 Å². The SMILES string of the molecule is CCC(C)C1NC(=O)CNC(=O)C(C(C)C)NC(=O)C2CCCN2C(=O)C(Cc2ccccc2)NC(=O)CNC(=O)C(C)NC(=O)C(CSSCC2NC(=O)C(C(C)CC)NC(=O)CNC(=O)C(C(C)C)NC(=O)C3CCCN3C(=O)C(Cc3ccccc3)NC(=O)CNC(=O)C(C)NC2=O)NC1=O. The maximum Gasteiger partial charge on any atom is 0.246 e. The van der Waals surface area contributed by atoms with Gasteiger partial charge in [0.2, 0.25) is 94.5 Å². The first-order valence-corrected chi connectivity index (χ1v) is 37.9. The first kappa shape index (κ1) is 83.6. The average molecular weight is 1490 g/mol. The molecule has 4 fully saturated rings. The second-order valence-electron chi connectivity index (χ2n) is 27.3. The molecule has 16 amide bonds. The van der Waals surface area contributed by atoms with E-state index in [1.807, 2.05) is 0 Å². The molecule has 34 heteroatoms. The lowest BCUT2D eigenvalue weighted by Crippen LogP contribution is -2.60. The standard InChI is InChI=1S/C70H102N16O16S2/c1-11-39(7)57-67(99)79-47(61(93)75-41(9)59(91)71-31-51(87)77-45(29-43-21-15-13-16-22-43)69(101)85-27-19-25-49(85)63(95)83-55(37(3)4)65(97)73-33-53(89)81-57)35-103-104-36-48-62(94)76-42(10)60(92)72-32-52(88)78-46(30-44-23-17-14-18-24-44)70(102)86-28-20-26-50(86)64(96)84-56(38(5)6)66(98)74-34-54(90)82-58(40(8)12-2)68(100)80-48/h13-18,21-24,37-42,45-50,55-58H,11-12,19-20,25-36H2,1-10H3,(H,71,91)(H,72,92)(H,73,97)(H,74,98)(H,75,93)(H,76,94)(H,77,87)(H,78,88)(H,79,99)(H,80,100)(H,81,89)(H,82,90)(H,83,95)(H,84,96). The lowest BCUT2D eigenvalue weighted by atomic mass is 9.98. The van der Waals surface area contributed by atoms with E-state index in [1.54, 1.807) is 116 Å². The smallest absolute Gasteiger partial charge is 0.246 e. The Bertz CT molecular complexity index is 3210. The quantitative estimate of drug-likeness (QED) is 0.0654. The molecule has 0 aromatic heterocycles. The Morgan fingerprint density at radius 2 is 0.692 bits per heavy atom. The van der Waals surface area contributed by atoms with Crippen LogP contribution in [-0.4, -0.2) is 228 Å². The number of nitrogens with zero attached hydrogens (tertiary/aromatic N) is 2. The predicted molar refractivity (Wildman–Crippen MR) is 386 cm³/mol. The van der Waals surface area contributed by atoms with Gasteiger partial charge in [-0.05, 0) is 74.3 Å². The molecule has 4 aliphatic rings. The van der Waals surface area contributed by atoms with E-state index in [0.29, 0.717) is 36.8 Å². The van der Waals surface area contributed by atoms with Crippen LogP contribution in [0.4, 0.5) is 0 Å². The van der Waals surface area contributed by atoms with Crippen LogP contribution in [0.1, 0.15) is 119 Å². The summed E-state index contributed by atoms with van der Waals surface area (Å²) in [7, 11) is 1.81. The summed E-state index contributed by atoms with van der Waals surface area (Å²) in [5.41, 5.74) is 1.33. The molecule has 0 saturated carbocycles. The second kappa shape index (κ2) is 40.6. The van der Waals surface area contributed by atoms with Crippen LogP contribution in [0.3, 0.4) is 0 Å². The minimum absolute atomic E-state index is 0.00590. The zero-order chi connectivity index (χ0) is 76.5. The number of hydrogen-bond donors (Lipinski definition) is 14. The van der Waals surface area contributed by atoms with E-state index >= 15 is 0 Å². The van der Waals surface area contributed by atoms with Gasteiger partial charge in [-0.2, -0.15) is 0 Å². The summed E-state index contributed by atoms with van der Waals surface area (Å²) in [5, 5.41) is 36.6. The van der Waals surface area contributed by atoms with Crippen LogP contribution in [0, 0.1) is 23.7 Å². The summed E-state index contributed by atoms with van der Waals surface area (Å²) in [4.78, 5) is 228. The largest absolute Gasteiger partial charge is 0.345 e. The van der Waals surface area contributed by atoms with Crippen molar-refractivity contribution in [2.24, 2.45) is 23.7 Å². The summed E-state index contributed by atoms with van der Waals surface area (Å²) >= 11 is 0. The third kappa shape index (κ3) is 24.7. The van der Waals surface area contributed by atoms with Gasteiger partial charge in [0.25, 0.3) is 0 Å². The Hall–Kier alpha value is -9.34. The molecule has 104 heavy (non-hydrogen) atoms. The number of amides is 16. The summed E-state index contributed by atoms with van der Waals surface area (Å²) in [6.07, 6.45) is 1.94. The molecule has 0 radical (unpaired) electrons. The molecule has 570 valence electrons. The fourth-order valence-electron chi connectivity index (χ4n) is 12.1. The Morgan fingerprint density at radius 3 is 1.02 bits per heavy atom. The van der Waals surface area contributed by atoms with Crippen molar-refractivity contribution < 1.29 is 76.7 Å². The van der Waals surface area contributed by atoms with Gasteiger partial charge >= 0.3 is 0 Å². The summed E-state index contributed by atoms with van der Waals surface area (Å²) in [5.74, 6) is -15.4. The van der Waals surface area contributed by atoms with Gasteiger partial charge in [0.15, 0.2) is 0 Å². The fourth-order valence-corrected chi connectivity index (χ4v) is 14.4. The van der Waals surface area contributed by atoms with Crippen molar-refractivity contribution in [1.29, 1.82) is 0 Å².